The maximum Gasteiger partial charge on any atom is 0.274 e. The fourth-order valence-electron chi connectivity index (χ4n) is 2.73. The van der Waals surface area contributed by atoms with Crippen LogP contribution in [0, 0.1) is 6.92 Å². The molecular formula is C22H24N4O2. The minimum Gasteiger partial charge on any atom is -0.495 e. The first-order valence-corrected chi connectivity index (χ1v) is 9.12. The standard InChI is InChI=1S/C22H24N4O2/c1-14(2)16-6-8-17(9-7-16)24-21(27)18-11-12-23-22(25-18)26-19-13-15(3)5-10-20(19)28-4/h5-14H,1-4H3,(H,24,27)(H,23,25,26). The lowest BCUT2D eigenvalue weighted by Gasteiger charge is -2.12. The Morgan fingerprint density at radius 3 is 2.50 bits per heavy atom. The molecule has 0 unspecified atom stereocenters. The van der Waals surface area contributed by atoms with Crippen LogP contribution in [0.1, 0.15) is 41.4 Å². The first-order chi connectivity index (χ1) is 13.5. The smallest absolute Gasteiger partial charge is 0.274 e. The molecule has 0 spiro atoms. The summed E-state index contributed by atoms with van der Waals surface area (Å²) < 4.78 is 5.36. The van der Waals surface area contributed by atoms with E-state index in [1.165, 1.54) is 5.56 Å². The van der Waals surface area contributed by atoms with Gasteiger partial charge in [-0.2, -0.15) is 0 Å². The molecule has 0 bridgehead atoms. The molecule has 1 aromatic heterocycles. The number of hydrogen-bond donors (Lipinski definition) is 2. The summed E-state index contributed by atoms with van der Waals surface area (Å²) in [5, 5.41) is 5.98. The van der Waals surface area contributed by atoms with E-state index in [1.54, 1.807) is 19.4 Å². The van der Waals surface area contributed by atoms with Gasteiger partial charge in [-0.3, -0.25) is 4.79 Å². The molecule has 0 aliphatic carbocycles. The summed E-state index contributed by atoms with van der Waals surface area (Å²) in [6.45, 7) is 6.25. The molecule has 0 fully saturated rings. The topological polar surface area (TPSA) is 76.1 Å². The van der Waals surface area contributed by atoms with Crippen LogP contribution in [0.4, 0.5) is 17.3 Å². The molecule has 0 aliphatic rings. The Balaban J connectivity index is 1.75. The van der Waals surface area contributed by atoms with Crippen molar-refractivity contribution in [3.8, 4) is 5.75 Å². The highest BCUT2D eigenvalue weighted by Gasteiger charge is 2.11. The van der Waals surface area contributed by atoms with Gasteiger partial charge in [-0.05, 0) is 54.3 Å². The van der Waals surface area contributed by atoms with Gasteiger partial charge < -0.3 is 15.4 Å². The van der Waals surface area contributed by atoms with E-state index in [4.69, 9.17) is 4.74 Å². The summed E-state index contributed by atoms with van der Waals surface area (Å²) in [6.07, 6.45) is 1.55. The number of aryl methyl sites for hydroxylation is 1. The van der Waals surface area contributed by atoms with Crippen molar-refractivity contribution >= 4 is 23.2 Å². The second-order valence-corrected chi connectivity index (χ2v) is 6.83. The Kier molecular flexibility index (Phi) is 5.89. The van der Waals surface area contributed by atoms with Crippen LogP contribution in [-0.2, 0) is 0 Å². The third kappa shape index (κ3) is 4.65. The molecule has 28 heavy (non-hydrogen) atoms. The van der Waals surface area contributed by atoms with Gasteiger partial charge in [-0.15, -0.1) is 0 Å². The molecule has 6 heteroatoms. The average molecular weight is 376 g/mol. The molecule has 0 saturated heterocycles. The number of anilines is 3. The van der Waals surface area contributed by atoms with Crippen molar-refractivity contribution in [1.82, 2.24) is 9.97 Å². The minimum absolute atomic E-state index is 0.275. The summed E-state index contributed by atoms with van der Waals surface area (Å²) in [7, 11) is 1.60. The molecule has 3 rings (SSSR count). The van der Waals surface area contributed by atoms with E-state index >= 15 is 0 Å². The van der Waals surface area contributed by atoms with Gasteiger partial charge in [-0.1, -0.05) is 32.0 Å². The number of nitrogens with one attached hydrogen (secondary N) is 2. The van der Waals surface area contributed by atoms with Gasteiger partial charge >= 0.3 is 0 Å². The molecule has 0 atom stereocenters. The van der Waals surface area contributed by atoms with Gasteiger partial charge in [0.05, 0.1) is 12.8 Å². The predicted octanol–water partition coefficient (Wildman–Crippen LogP) is 4.91. The highest BCUT2D eigenvalue weighted by Crippen LogP contribution is 2.27. The van der Waals surface area contributed by atoms with E-state index in [9.17, 15) is 4.79 Å². The number of carbonyl (C=O) groups is 1. The fourth-order valence-corrected chi connectivity index (χ4v) is 2.73. The molecule has 1 heterocycles. The molecule has 2 N–H and O–H groups in total. The summed E-state index contributed by atoms with van der Waals surface area (Å²) >= 11 is 0. The third-order valence-electron chi connectivity index (χ3n) is 4.32. The van der Waals surface area contributed by atoms with Crippen LogP contribution < -0.4 is 15.4 Å². The summed E-state index contributed by atoms with van der Waals surface area (Å²) in [4.78, 5) is 21.1. The number of nitrogens with zero attached hydrogens (tertiary/aromatic N) is 2. The van der Waals surface area contributed by atoms with Crippen LogP contribution >= 0.6 is 0 Å². The number of amides is 1. The van der Waals surface area contributed by atoms with Crippen LogP contribution in [0.3, 0.4) is 0 Å². The summed E-state index contributed by atoms with van der Waals surface area (Å²) in [6, 6.07) is 15.2. The zero-order valence-electron chi connectivity index (χ0n) is 16.5. The monoisotopic (exact) mass is 376 g/mol. The van der Waals surface area contributed by atoms with Gasteiger partial charge in [0.25, 0.3) is 5.91 Å². The average Bonchev–Trinajstić information content (AvgIpc) is 2.69. The maximum absolute atomic E-state index is 12.6. The molecule has 3 aromatic rings. The lowest BCUT2D eigenvalue weighted by Crippen LogP contribution is -2.15. The van der Waals surface area contributed by atoms with E-state index in [-0.39, 0.29) is 11.6 Å². The van der Waals surface area contributed by atoms with Crippen molar-refractivity contribution in [3.05, 3.63) is 71.5 Å². The van der Waals surface area contributed by atoms with Gasteiger partial charge in [0, 0.05) is 11.9 Å². The summed E-state index contributed by atoms with van der Waals surface area (Å²) in [5.74, 6) is 1.15. The van der Waals surface area contributed by atoms with E-state index < -0.39 is 0 Å². The van der Waals surface area contributed by atoms with Gasteiger partial charge in [0.15, 0.2) is 0 Å². The third-order valence-corrected chi connectivity index (χ3v) is 4.32. The SMILES string of the molecule is COc1ccc(C)cc1Nc1nccc(C(=O)Nc2ccc(C(C)C)cc2)n1. The molecule has 0 aliphatic heterocycles. The van der Waals surface area contributed by atoms with Crippen molar-refractivity contribution in [1.29, 1.82) is 0 Å². The van der Waals surface area contributed by atoms with Gasteiger partial charge in [0.2, 0.25) is 5.95 Å². The number of benzene rings is 2. The quantitative estimate of drug-likeness (QED) is 0.639. The Morgan fingerprint density at radius 1 is 1.07 bits per heavy atom. The largest absolute Gasteiger partial charge is 0.495 e. The Hall–Kier alpha value is -3.41. The van der Waals surface area contributed by atoms with Crippen LogP contribution in [0.2, 0.25) is 0 Å². The van der Waals surface area contributed by atoms with Crippen molar-refractivity contribution in [2.75, 3.05) is 17.7 Å². The number of rotatable bonds is 6. The molecule has 0 saturated carbocycles. The van der Waals surface area contributed by atoms with Crippen LogP contribution in [-0.4, -0.2) is 23.0 Å². The molecule has 6 nitrogen and oxygen atoms in total. The van der Waals surface area contributed by atoms with Crippen LogP contribution in [0.15, 0.2) is 54.7 Å². The van der Waals surface area contributed by atoms with Crippen molar-refractivity contribution in [2.45, 2.75) is 26.7 Å². The lowest BCUT2D eigenvalue weighted by atomic mass is 10.0. The highest BCUT2D eigenvalue weighted by atomic mass is 16.5. The van der Waals surface area contributed by atoms with E-state index in [0.717, 1.165) is 16.9 Å². The second-order valence-electron chi connectivity index (χ2n) is 6.83. The van der Waals surface area contributed by atoms with Crippen LogP contribution in [0.5, 0.6) is 5.75 Å². The Bertz CT molecular complexity index is 969. The number of aromatic nitrogens is 2. The fraction of sp³-hybridized carbons (Fsp3) is 0.227. The molecule has 0 radical (unpaired) electrons. The second kappa shape index (κ2) is 8.52. The lowest BCUT2D eigenvalue weighted by molar-refractivity contribution is 0.102. The van der Waals surface area contributed by atoms with E-state index in [2.05, 4.69) is 34.4 Å². The van der Waals surface area contributed by atoms with E-state index in [0.29, 0.717) is 17.6 Å². The van der Waals surface area contributed by atoms with Gasteiger partial charge in [0.1, 0.15) is 11.4 Å². The van der Waals surface area contributed by atoms with Crippen molar-refractivity contribution in [2.24, 2.45) is 0 Å². The number of hydrogen-bond acceptors (Lipinski definition) is 5. The minimum atomic E-state index is -0.293. The summed E-state index contributed by atoms with van der Waals surface area (Å²) in [5.41, 5.74) is 4.03. The van der Waals surface area contributed by atoms with Crippen LogP contribution in [0.25, 0.3) is 0 Å². The number of methoxy groups -OCH3 is 1. The first-order valence-electron chi connectivity index (χ1n) is 9.12. The number of ether oxygens (including phenoxy) is 1. The zero-order valence-corrected chi connectivity index (χ0v) is 16.5. The Labute approximate surface area is 165 Å². The first kappa shape index (κ1) is 19.4. The van der Waals surface area contributed by atoms with Crippen molar-refractivity contribution < 1.29 is 9.53 Å². The highest BCUT2D eigenvalue weighted by molar-refractivity contribution is 6.03. The number of carbonyl (C=O) groups excluding carboxylic acids is 1. The maximum atomic E-state index is 12.6. The molecule has 144 valence electrons. The molecular weight excluding hydrogens is 352 g/mol. The Morgan fingerprint density at radius 2 is 1.82 bits per heavy atom. The van der Waals surface area contributed by atoms with Gasteiger partial charge in [-0.25, -0.2) is 9.97 Å². The molecule has 2 aromatic carbocycles. The molecule has 1 amide bonds. The zero-order chi connectivity index (χ0) is 20.1. The predicted molar refractivity (Wildman–Crippen MR) is 112 cm³/mol. The van der Waals surface area contributed by atoms with Crippen molar-refractivity contribution in [3.63, 3.8) is 0 Å². The normalized spacial score (nSPS) is 10.6. The van der Waals surface area contributed by atoms with E-state index in [1.807, 2.05) is 49.4 Å².